The van der Waals surface area contributed by atoms with E-state index in [0.717, 1.165) is 46.5 Å². The number of aliphatic hydroxyl groups is 1. The predicted molar refractivity (Wildman–Crippen MR) is 109 cm³/mol. The van der Waals surface area contributed by atoms with Gasteiger partial charge in [-0.15, -0.1) is 0 Å². The van der Waals surface area contributed by atoms with Gasteiger partial charge in [0.05, 0.1) is 29.4 Å². The van der Waals surface area contributed by atoms with Gasteiger partial charge >= 0.3 is 0 Å². The van der Waals surface area contributed by atoms with Crippen LogP contribution >= 0.6 is 0 Å². The minimum atomic E-state index is 0.200. The normalized spacial score (nSPS) is 12.7. The zero-order valence-corrected chi connectivity index (χ0v) is 16.9. The Morgan fingerprint density at radius 1 is 1.19 bits per heavy atom. The SMILES string of the molecule is CC[C@H](CO)Cn1ccc2nc(-c3ccc(C(C)C)nc3OC)c(C)cc21. The van der Waals surface area contributed by atoms with Crippen molar-refractivity contribution in [3.05, 3.63) is 41.7 Å². The van der Waals surface area contributed by atoms with Crippen molar-refractivity contribution < 1.29 is 9.84 Å². The van der Waals surface area contributed by atoms with Crippen LogP contribution in [0, 0.1) is 12.8 Å². The fourth-order valence-corrected chi connectivity index (χ4v) is 3.34. The summed E-state index contributed by atoms with van der Waals surface area (Å²) in [4.78, 5) is 9.56. The van der Waals surface area contributed by atoms with Crippen molar-refractivity contribution in [3.63, 3.8) is 0 Å². The molecule has 3 aromatic rings. The summed E-state index contributed by atoms with van der Waals surface area (Å²) >= 11 is 0. The van der Waals surface area contributed by atoms with Gasteiger partial charge in [-0.3, -0.25) is 0 Å². The highest BCUT2D eigenvalue weighted by Gasteiger charge is 2.16. The highest BCUT2D eigenvalue weighted by molar-refractivity contribution is 5.82. The third-order valence-corrected chi connectivity index (χ3v) is 5.16. The number of ether oxygens (including phenoxy) is 1. The first-order valence-corrected chi connectivity index (χ1v) is 9.61. The van der Waals surface area contributed by atoms with Crippen LogP contribution in [0.4, 0.5) is 0 Å². The minimum absolute atomic E-state index is 0.200. The molecule has 5 nitrogen and oxygen atoms in total. The van der Waals surface area contributed by atoms with E-state index in [2.05, 4.69) is 55.6 Å². The molecule has 0 spiro atoms. The predicted octanol–water partition coefficient (Wildman–Crippen LogP) is 4.56. The Hall–Kier alpha value is -2.40. The van der Waals surface area contributed by atoms with Crippen molar-refractivity contribution in [2.24, 2.45) is 5.92 Å². The molecule has 144 valence electrons. The van der Waals surface area contributed by atoms with Crippen LogP contribution in [0.5, 0.6) is 5.88 Å². The molecule has 0 bridgehead atoms. The molecule has 1 N–H and O–H groups in total. The van der Waals surface area contributed by atoms with Crippen LogP contribution in [0.2, 0.25) is 0 Å². The number of hydrogen-bond acceptors (Lipinski definition) is 4. The third-order valence-electron chi connectivity index (χ3n) is 5.16. The van der Waals surface area contributed by atoms with Gasteiger partial charge in [-0.25, -0.2) is 9.97 Å². The summed E-state index contributed by atoms with van der Waals surface area (Å²) in [6, 6.07) is 8.30. The van der Waals surface area contributed by atoms with Crippen LogP contribution in [0.15, 0.2) is 30.5 Å². The average Bonchev–Trinajstić information content (AvgIpc) is 3.06. The minimum Gasteiger partial charge on any atom is -0.480 e. The van der Waals surface area contributed by atoms with E-state index in [1.165, 1.54) is 0 Å². The van der Waals surface area contributed by atoms with Gasteiger partial charge in [0.1, 0.15) is 0 Å². The van der Waals surface area contributed by atoms with E-state index in [1.54, 1.807) is 7.11 Å². The van der Waals surface area contributed by atoms with E-state index in [9.17, 15) is 5.11 Å². The number of nitrogens with zero attached hydrogens (tertiary/aromatic N) is 3. The van der Waals surface area contributed by atoms with Crippen LogP contribution in [0.3, 0.4) is 0 Å². The molecule has 0 amide bonds. The van der Waals surface area contributed by atoms with Gasteiger partial charge in [0.15, 0.2) is 0 Å². The molecule has 27 heavy (non-hydrogen) atoms. The van der Waals surface area contributed by atoms with Gasteiger partial charge in [-0.2, -0.15) is 0 Å². The number of methoxy groups -OCH3 is 1. The second-order valence-electron chi connectivity index (χ2n) is 7.43. The van der Waals surface area contributed by atoms with Crippen molar-refractivity contribution in [2.75, 3.05) is 13.7 Å². The molecular formula is C22H29N3O2. The van der Waals surface area contributed by atoms with Gasteiger partial charge < -0.3 is 14.4 Å². The maximum absolute atomic E-state index is 9.51. The molecule has 3 rings (SSSR count). The largest absolute Gasteiger partial charge is 0.480 e. The lowest BCUT2D eigenvalue weighted by Crippen LogP contribution is -2.13. The molecule has 3 aromatic heterocycles. The molecule has 1 atom stereocenters. The quantitative estimate of drug-likeness (QED) is 0.665. The molecule has 0 unspecified atom stereocenters. The Bertz CT molecular complexity index is 927. The van der Waals surface area contributed by atoms with Gasteiger partial charge in [0.25, 0.3) is 0 Å². The molecule has 0 saturated carbocycles. The molecule has 0 saturated heterocycles. The average molecular weight is 367 g/mol. The number of aryl methyl sites for hydroxylation is 1. The second kappa shape index (κ2) is 8.09. The Labute approximate surface area is 161 Å². The summed E-state index contributed by atoms with van der Waals surface area (Å²) in [6.07, 6.45) is 3.00. The van der Waals surface area contributed by atoms with Crippen LogP contribution in [-0.2, 0) is 6.54 Å². The topological polar surface area (TPSA) is 60.2 Å². The number of fused-ring (bicyclic) bond motifs is 1. The number of hydrogen-bond donors (Lipinski definition) is 1. The summed E-state index contributed by atoms with van der Waals surface area (Å²) in [5.41, 5.74) is 5.93. The molecule has 0 radical (unpaired) electrons. The van der Waals surface area contributed by atoms with Crippen molar-refractivity contribution in [3.8, 4) is 17.1 Å². The lowest BCUT2D eigenvalue weighted by atomic mass is 10.0. The Morgan fingerprint density at radius 3 is 2.59 bits per heavy atom. The zero-order chi connectivity index (χ0) is 19.6. The van der Waals surface area contributed by atoms with E-state index >= 15 is 0 Å². The first-order valence-electron chi connectivity index (χ1n) is 9.61. The van der Waals surface area contributed by atoms with Crippen LogP contribution < -0.4 is 4.74 Å². The van der Waals surface area contributed by atoms with E-state index < -0.39 is 0 Å². The van der Waals surface area contributed by atoms with Gasteiger partial charge in [-0.1, -0.05) is 20.8 Å². The fraction of sp³-hybridized carbons (Fsp3) is 0.455. The van der Waals surface area contributed by atoms with Crippen molar-refractivity contribution in [1.82, 2.24) is 14.5 Å². The van der Waals surface area contributed by atoms with Crippen molar-refractivity contribution in [2.45, 2.75) is 46.6 Å². The molecule has 3 heterocycles. The van der Waals surface area contributed by atoms with E-state index in [0.29, 0.717) is 11.8 Å². The Kier molecular flexibility index (Phi) is 5.80. The number of aliphatic hydroxyl groups excluding tert-OH is 1. The first kappa shape index (κ1) is 19.4. The Morgan fingerprint density at radius 2 is 1.96 bits per heavy atom. The van der Waals surface area contributed by atoms with E-state index in [1.807, 2.05) is 12.1 Å². The highest BCUT2D eigenvalue weighted by Crippen LogP contribution is 2.33. The summed E-state index contributed by atoms with van der Waals surface area (Å²) in [5, 5.41) is 9.51. The van der Waals surface area contributed by atoms with E-state index in [-0.39, 0.29) is 12.5 Å². The smallest absolute Gasteiger partial charge is 0.222 e. The molecule has 0 aliphatic heterocycles. The molecule has 0 fully saturated rings. The van der Waals surface area contributed by atoms with Crippen molar-refractivity contribution in [1.29, 1.82) is 0 Å². The van der Waals surface area contributed by atoms with Crippen molar-refractivity contribution >= 4 is 11.0 Å². The highest BCUT2D eigenvalue weighted by atomic mass is 16.5. The van der Waals surface area contributed by atoms with Crippen LogP contribution in [0.25, 0.3) is 22.3 Å². The summed E-state index contributed by atoms with van der Waals surface area (Å²) in [5.74, 6) is 1.21. The number of pyridine rings is 2. The van der Waals surface area contributed by atoms with Crippen LogP contribution in [0.1, 0.15) is 44.4 Å². The van der Waals surface area contributed by atoms with Gasteiger partial charge in [-0.05, 0) is 55.0 Å². The molecule has 0 aliphatic carbocycles. The molecule has 5 heteroatoms. The first-order chi connectivity index (χ1) is 13.0. The van der Waals surface area contributed by atoms with Gasteiger partial charge in [0, 0.05) is 25.0 Å². The molecular weight excluding hydrogens is 338 g/mol. The maximum atomic E-state index is 9.51. The van der Waals surface area contributed by atoms with E-state index in [4.69, 9.17) is 9.72 Å². The standard InChI is InChI=1S/C22H29N3O2/c1-6-16(13-26)12-25-10-9-19-20(25)11-15(4)21(23-19)17-7-8-18(14(2)3)24-22(17)27-5/h7-11,14,16,26H,6,12-13H2,1-5H3/t16-/m0/s1. The van der Waals surface area contributed by atoms with Gasteiger partial charge in [0.2, 0.25) is 5.88 Å². The lowest BCUT2D eigenvalue weighted by molar-refractivity contribution is 0.208. The third kappa shape index (κ3) is 3.83. The zero-order valence-electron chi connectivity index (χ0n) is 16.9. The maximum Gasteiger partial charge on any atom is 0.222 e. The summed E-state index contributed by atoms with van der Waals surface area (Å²) in [7, 11) is 1.65. The summed E-state index contributed by atoms with van der Waals surface area (Å²) < 4.78 is 7.74. The second-order valence-corrected chi connectivity index (χ2v) is 7.43. The molecule has 0 aliphatic rings. The Balaban J connectivity index is 2.05. The van der Waals surface area contributed by atoms with Crippen LogP contribution in [-0.4, -0.2) is 33.4 Å². The number of aromatic nitrogens is 3. The monoisotopic (exact) mass is 367 g/mol. The number of rotatable bonds is 7. The lowest BCUT2D eigenvalue weighted by Gasteiger charge is -2.15. The summed E-state index contributed by atoms with van der Waals surface area (Å²) in [6.45, 7) is 9.41. The fourth-order valence-electron chi connectivity index (χ4n) is 3.34. The molecule has 0 aromatic carbocycles.